The van der Waals surface area contributed by atoms with Crippen LogP contribution in [0.4, 0.5) is 17.1 Å². The number of fused-ring (bicyclic) bond motifs is 36. The van der Waals surface area contributed by atoms with Crippen LogP contribution in [0.25, 0.3) is 266 Å². The van der Waals surface area contributed by atoms with E-state index in [9.17, 15) is 0 Å². The Labute approximate surface area is 751 Å². The molecule has 22 aromatic carbocycles. The lowest BCUT2D eigenvalue weighted by Crippen LogP contribution is -2.09. The van der Waals surface area contributed by atoms with Crippen molar-refractivity contribution in [3.05, 3.63) is 406 Å². The van der Waals surface area contributed by atoms with Gasteiger partial charge in [0, 0.05) is 163 Å². The number of anilines is 3. The van der Waals surface area contributed by atoms with Crippen molar-refractivity contribution in [3.63, 3.8) is 0 Å². The van der Waals surface area contributed by atoms with Gasteiger partial charge in [0.2, 0.25) is 0 Å². The predicted molar refractivity (Wildman–Crippen MR) is 556 cm³/mol. The van der Waals surface area contributed by atoms with Crippen LogP contribution in [0, 0.1) is 0 Å². The molecule has 9 heteroatoms. The van der Waals surface area contributed by atoms with Crippen LogP contribution in [0.2, 0.25) is 0 Å². The molecular formula is C120H67NO4S4. The van der Waals surface area contributed by atoms with Gasteiger partial charge >= 0.3 is 0 Å². The van der Waals surface area contributed by atoms with Crippen molar-refractivity contribution >= 4 is 295 Å². The van der Waals surface area contributed by atoms with Gasteiger partial charge in [-0.15, -0.1) is 45.3 Å². The van der Waals surface area contributed by atoms with Crippen molar-refractivity contribution in [2.75, 3.05) is 4.90 Å². The van der Waals surface area contributed by atoms with Crippen LogP contribution in [0.1, 0.15) is 0 Å². The van der Waals surface area contributed by atoms with E-state index in [4.69, 9.17) is 17.7 Å². The average molecular weight is 1720 g/mol. The Kier molecular flexibility index (Phi) is 16.0. The number of para-hydroxylation sites is 6. The van der Waals surface area contributed by atoms with Crippen LogP contribution < -0.4 is 4.90 Å². The molecule has 0 saturated carbocycles. The third-order valence-electron chi connectivity index (χ3n) is 26.7. The maximum Gasteiger partial charge on any atom is 0.136 e. The van der Waals surface area contributed by atoms with Crippen molar-refractivity contribution in [3.8, 4) is 33.4 Å². The summed E-state index contributed by atoms with van der Waals surface area (Å²) in [6, 6.07) is 147. The van der Waals surface area contributed by atoms with Gasteiger partial charge in [0.1, 0.15) is 44.7 Å². The molecule has 5 nitrogen and oxygen atoms in total. The number of thiophene rings is 4. The number of benzene rings is 22. The molecule has 0 fully saturated rings. The highest BCUT2D eigenvalue weighted by Gasteiger charge is 2.25. The molecule has 30 rings (SSSR count). The summed E-state index contributed by atoms with van der Waals surface area (Å²) in [4.78, 5) is 2.31. The van der Waals surface area contributed by atoms with E-state index < -0.39 is 0 Å². The number of furan rings is 4. The molecule has 0 radical (unpaired) electrons. The lowest BCUT2D eigenvalue weighted by Gasteiger charge is -2.25. The van der Waals surface area contributed by atoms with E-state index in [2.05, 4.69) is 381 Å². The molecule has 30 aromatic rings. The van der Waals surface area contributed by atoms with E-state index >= 15 is 0 Å². The van der Waals surface area contributed by atoms with Gasteiger partial charge in [-0.05, 0) is 228 Å². The standard InChI is InChI=1S/C44H27NOS.C38H20O2S.C38H20OS2/c1-3-11-30(12-4-1)45(31-13-5-2-6-14-31)32-21-19-28(20-22-32)37-25-29-26-41-39(33-15-7-9-17-40(33)46-41)27-38(29)43-35(37)23-24-36-34-16-8-10-18-42(34)47-44(36)43;1-4-10-32-23(7-1)30-17-21(13-16-34(30)39-32)28-18-22-19-35-31(24-8-2-5-11-33(24)40-35)20-29(22)37-26(28)14-15-27-25-9-3-6-12-36(25)41-38(27)37;1-4-13-32-22(8-1)31-20-29-21(19-33(31)39-32)18-30(27-12-7-11-26-23-9-2-5-14-34(23)40-37(26)27)25-16-17-28-24-10-3-6-15-35(24)41-38(28)36(25)29/h1-27H;2*1-20H. The van der Waals surface area contributed by atoms with Crippen LogP contribution >= 0.6 is 45.3 Å². The fourth-order valence-corrected chi connectivity index (χ4v) is 25.9. The molecule has 0 saturated heterocycles. The maximum atomic E-state index is 6.38. The Bertz CT molecular complexity index is 9940. The topological polar surface area (TPSA) is 55.8 Å². The Morgan fingerprint density at radius 2 is 0.450 bits per heavy atom. The van der Waals surface area contributed by atoms with Crippen molar-refractivity contribution in [1.82, 2.24) is 0 Å². The van der Waals surface area contributed by atoms with Crippen LogP contribution in [0.3, 0.4) is 0 Å². The molecule has 0 bridgehead atoms. The first-order valence-corrected chi connectivity index (χ1v) is 46.9. The Hall–Kier alpha value is -15.7. The molecular weight excluding hydrogens is 1650 g/mol. The van der Waals surface area contributed by atoms with E-state index in [1.54, 1.807) is 0 Å². The monoisotopic (exact) mass is 1710 g/mol. The zero-order chi connectivity index (χ0) is 84.2. The number of rotatable bonds is 6. The molecule has 0 aliphatic heterocycles. The molecule has 129 heavy (non-hydrogen) atoms. The molecule has 600 valence electrons. The SMILES string of the molecule is c1ccc(N(c2ccccc2)c2ccc(-c3cc4cc5oc6ccccc6c5cc4c4c3ccc3c5ccccc5sc34)cc2)cc1.c1ccc2c(c1)oc1cc3cc(-c4cccc5c4sc4ccccc45)c4ccc5c6ccccc6sc5c4c3cc12.c1ccc2c(c1)oc1ccc(-c3cc4cc5oc6ccccc6c5cc4c4c3ccc3c5ccccc5sc34)cc12. The van der Waals surface area contributed by atoms with E-state index in [0.29, 0.717) is 0 Å². The fourth-order valence-electron chi connectivity index (χ4n) is 20.9. The molecule has 0 spiro atoms. The fraction of sp³-hybridized carbons (Fsp3) is 0. The summed E-state index contributed by atoms with van der Waals surface area (Å²) >= 11 is 7.58. The highest BCUT2D eigenvalue weighted by Crippen LogP contribution is 2.53. The molecule has 8 aromatic heterocycles. The summed E-state index contributed by atoms with van der Waals surface area (Å²) in [6.45, 7) is 0. The minimum absolute atomic E-state index is 0.913. The third-order valence-corrected chi connectivity index (χ3v) is 31.5. The van der Waals surface area contributed by atoms with E-state index in [1.807, 2.05) is 75.7 Å². The van der Waals surface area contributed by atoms with Crippen molar-refractivity contribution in [1.29, 1.82) is 0 Å². The maximum absolute atomic E-state index is 6.38. The minimum atomic E-state index is 0.913. The molecule has 0 atom stereocenters. The van der Waals surface area contributed by atoms with Crippen LogP contribution in [0.5, 0.6) is 0 Å². The lowest BCUT2D eigenvalue weighted by atomic mass is 9.91. The summed E-state index contributed by atoms with van der Waals surface area (Å²) in [5.41, 5.74) is 18.1. The highest BCUT2D eigenvalue weighted by molar-refractivity contribution is 7.28. The third kappa shape index (κ3) is 11.3. The van der Waals surface area contributed by atoms with Gasteiger partial charge < -0.3 is 22.6 Å². The summed E-state index contributed by atoms with van der Waals surface area (Å²) < 4.78 is 35.9. The molecule has 0 unspecified atom stereocenters. The van der Waals surface area contributed by atoms with Crippen LogP contribution in [0.15, 0.2) is 424 Å². The van der Waals surface area contributed by atoms with Gasteiger partial charge in [-0.2, -0.15) is 0 Å². The second-order valence-electron chi connectivity index (χ2n) is 33.8. The van der Waals surface area contributed by atoms with E-state index in [-0.39, 0.29) is 0 Å². The molecule has 0 aliphatic carbocycles. The number of hydrogen-bond donors (Lipinski definition) is 0. The Morgan fingerprint density at radius 1 is 0.155 bits per heavy atom. The smallest absolute Gasteiger partial charge is 0.136 e. The first-order chi connectivity index (χ1) is 63.9. The van der Waals surface area contributed by atoms with Crippen LogP contribution in [-0.4, -0.2) is 0 Å². The average Bonchev–Trinajstić information content (AvgIpc) is 1.62. The minimum Gasteiger partial charge on any atom is -0.456 e. The van der Waals surface area contributed by atoms with Gasteiger partial charge in [-0.3, -0.25) is 0 Å². The molecule has 0 aliphatic rings. The Balaban J connectivity index is 0.0000000979. The van der Waals surface area contributed by atoms with Crippen LogP contribution in [-0.2, 0) is 0 Å². The zero-order valence-electron chi connectivity index (χ0n) is 68.9. The summed E-state index contributed by atoms with van der Waals surface area (Å²) in [5, 5.41) is 35.0. The van der Waals surface area contributed by atoms with Gasteiger partial charge in [0.25, 0.3) is 0 Å². The molecule has 8 heterocycles. The normalized spacial score (nSPS) is 12.2. The van der Waals surface area contributed by atoms with Gasteiger partial charge in [-0.25, -0.2) is 0 Å². The number of hydrogen-bond acceptors (Lipinski definition) is 9. The highest BCUT2D eigenvalue weighted by atomic mass is 32.1. The quantitative estimate of drug-likeness (QED) is 0.155. The summed E-state index contributed by atoms with van der Waals surface area (Å²) in [5.74, 6) is 0. The second kappa shape index (κ2) is 28.4. The van der Waals surface area contributed by atoms with Gasteiger partial charge in [-0.1, -0.05) is 255 Å². The summed E-state index contributed by atoms with van der Waals surface area (Å²) in [7, 11) is 0. The van der Waals surface area contributed by atoms with Crippen molar-refractivity contribution in [2.24, 2.45) is 0 Å². The Morgan fingerprint density at radius 3 is 0.868 bits per heavy atom. The van der Waals surface area contributed by atoms with Crippen molar-refractivity contribution < 1.29 is 17.7 Å². The number of nitrogens with zero attached hydrogens (tertiary/aromatic N) is 1. The van der Waals surface area contributed by atoms with Gasteiger partial charge in [0.15, 0.2) is 0 Å². The molecule has 0 N–H and O–H groups in total. The zero-order valence-corrected chi connectivity index (χ0v) is 72.2. The summed E-state index contributed by atoms with van der Waals surface area (Å²) in [6.07, 6.45) is 0. The molecule has 0 amide bonds. The largest absolute Gasteiger partial charge is 0.456 e. The van der Waals surface area contributed by atoms with Crippen molar-refractivity contribution in [2.45, 2.75) is 0 Å². The first-order valence-electron chi connectivity index (χ1n) is 43.6. The van der Waals surface area contributed by atoms with Gasteiger partial charge in [0.05, 0.1) is 0 Å². The van der Waals surface area contributed by atoms with E-state index in [0.717, 1.165) is 94.0 Å². The van der Waals surface area contributed by atoms with E-state index in [1.165, 1.54) is 189 Å². The lowest BCUT2D eigenvalue weighted by molar-refractivity contribution is 0.668. The first kappa shape index (κ1) is 72.6. The second-order valence-corrected chi connectivity index (χ2v) is 38.0. The predicted octanol–water partition coefficient (Wildman–Crippen LogP) is 37.5.